The fraction of sp³-hybridized carbons (Fsp3) is 0.269. The van der Waals surface area contributed by atoms with E-state index in [9.17, 15) is 9.59 Å². The van der Waals surface area contributed by atoms with E-state index in [0.717, 1.165) is 36.2 Å². The standard InChI is InChI=1S/C26H25N3O2S2/c1-17-8-5-11-21(18(17)2)29-25(31)19-9-3-4-10-20(19)27-26(29)33-16-24(30)28-14-6-12-22(28)23-13-7-15-32-23/h3-5,7-11,13,15,22H,6,12,14,16H2,1-2H3. The molecule has 1 atom stereocenters. The van der Waals surface area contributed by atoms with Crippen LogP contribution in [0.5, 0.6) is 0 Å². The number of rotatable bonds is 5. The molecule has 33 heavy (non-hydrogen) atoms. The highest BCUT2D eigenvalue weighted by Crippen LogP contribution is 2.35. The number of para-hydroxylation sites is 1. The number of hydrogen-bond acceptors (Lipinski definition) is 5. The maximum atomic E-state index is 13.5. The van der Waals surface area contributed by atoms with Gasteiger partial charge in [-0.1, -0.05) is 42.1 Å². The highest BCUT2D eigenvalue weighted by atomic mass is 32.2. The maximum absolute atomic E-state index is 13.5. The van der Waals surface area contributed by atoms with E-state index >= 15 is 0 Å². The molecular formula is C26H25N3O2S2. The van der Waals surface area contributed by atoms with Crippen LogP contribution in [0, 0.1) is 13.8 Å². The summed E-state index contributed by atoms with van der Waals surface area (Å²) in [4.78, 5) is 34.8. The van der Waals surface area contributed by atoms with E-state index in [1.54, 1.807) is 15.9 Å². The summed E-state index contributed by atoms with van der Waals surface area (Å²) < 4.78 is 1.67. The molecule has 5 rings (SSSR count). The number of aromatic nitrogens is 2. The minimum Gasteiger partial charge on any atom is -0.334 e. The van der Waals surface area contributed by atoms with Gasteiger partial charge in [-0.15, -0.1) is 11.3 Å². The van der Waals surface area contributed by atoms with Gasteiger partial charge >= 0.3 is 0 Å². The van der Waals surface area contributed by atoms with Gasteiger partial charge in [-0.05, 0) is 67.5 Å². The molecule has 1 aliphatic rings. The molecule has 0 bridgehead atoms. The maximum Gasteiger partial charge on any atom is 0.266 e. The smallest absolute Gasteiger partial charge is 0.266 e. The van der Waals surface area contributed by atoms with Crippen molar-refractivity contribution in [1.82, 2.24) is 14.5 Å². The Bertz CT molecular complexity index is 1380. The molecule has 5 nitrogen and oxygen atoms in total. The molecule has 1 amide bonds. The van der Waals surface area contributed by atoms with Crippen LogP contribution in [0.15, 0.2) is 69.9 Å². The van der Waals surface area contributed by atoms with Crippen LogP contribution >= 0.6 is 23.1 Å². The topological polar surface area (TPSA) is 55.2 Å². The Hall–Kier alpha value is -2.90. The molecule has 0 N–H and O–H groups in total. The van der Waals surface area contributed by atoms with Gasteiger partial charge in [0.2, 0.25) is 5.91 Å². The minimum atomic E-state index is -0.109. The fourth-order valence-corrected chi connectivity index (χ4v) is 6.22. The van der Waals surface area contributed by atoms with Crippen molar-refractivity contribution in [2.75, 3.05) is 12.3 Å². The van der Waals surface area contributed by atoms with Crippen LogP contribution < -0.4 is 5.56 Å². The van der Waals surface area contributed by atoms with Gasteiger partial charge in [0.25, 0.3) is 5.56 Å². The third-order valence-electron chi connectivity index (χ3n) is 6.33. The number of likely N-dealkylation sites (tertiary alicyclic amines) is 1. The Kier molecular flexibility index (Phi) is 6.08. The number of thioether (sulfide) groups is 1. The van der Waals surface area contributed by atoms with Crippen LogP contribution in [-0.2, 0) is 4.79 Å². The second-order valence-corrected chi connectivity index (χ2v) is 10.2. The van der Waals surface area contributed by atoms with Crippen LogP contribution in [0.25, 0.3) is 16.6 Å². The monoisotopic (exact) mass is 475 g/mol. The van der Waals surface area contributed by atoms with Gasteiger partial charge in [0, 0.05) is 11.4 Å². The number of hydrogen-bond donors (Lipinski definition) is 0. The lowest BCUT2D eigenvalue weighted by Crippen LogP contribution is -2.32. The molecule has 7 heteroatoms. The summed E-state index contributed by atoms with van der Waals surface area (Å²) in [6.07, 6.45) is 2.01. The van der Waals surface area contributed by atoms with Gasteiger partial charge in [0.15, 0.2) is 5.16 Å². The molecule has 1 unspecified atom stereocenters. The lowest BCUT2D eigenvalue weighted by atomic mass is 10.1. The summed E-state index contributed by atoms with van der Waals surface area (Å²) in [5.41, 5.74) is 3.49. The molecule has 0 radical (unpaired) electrons. The third kappa shape index (κ3) is 4.11. The lowest BCUT2D eigenvalue weighted by Gasteiger charge is -2.24. The summed E-state index contributed by atoms with van der Waals surface area (Å²) in [5, 5.41) is 3.19. The first-order valence-corrected chi connectivity index (χ1v) is 12.9. The van der Waals surface area contributed by atoms with Crippen molar-refractivity contribution >= 4 is 39.9 Å². The second kappa shape index (κ2) is 9.15. The average molecular weight is 476 g/mol. The molecule has 1 aliphatic heterocycles. The first kappa shape index (κ1) is 21.9. The number of amides is 1. The Morgan fingerprint density at radius 1 is 1.12 bits per heavy atom. The van der Waals surface area contributed by atoms with Gasteiger partial charge < -0.3 is 4.90 Å². The van der Waals surface area contributed by atoms with E-state index in [4.69, 9.17) is 4.98 Å². The minimum absolute atomic E-state index is 0.0887. The first-order valence-electron chi connectivity index (χ1n) is 11.1. The van der Waals surface area contributed by atoms with Gasteiger partial charge in [-0.2, -0.15) is 0 Å². The van der Waals surface area contributed by atoms with Crippen molar-refractivity contribution < 1.29 is 4.79 Å². The highest BCUT2D eigenvalue weighted by Gasteiger charge is 2.30. The zero-order chi connectivity index (χ0) is 22.9. The zero-order valence-electron chi connectivity index (χ0n) is 18.7. The van der Waals surface area contributed by atoms with Crippen molar-refractivity contribution in [2.45, 2.75) is 37.9 Å². The summed E-state index contributed by atoms with van der Waals surface area (Å²) in [7, 11) is 0. The molecule has 1 fully saturated rings. The highest BCUT2D eigenvalue weighted by molar-refractivity contribution is 7.99. The fourth-order valence-electron chi connectivity index (χ4n) is 4.45. The van der Waals surface area contributed by atoms with Crippen molar-refractivity contribution in [3.63, 3.8) is 0 Å². The summed E-state index contributed by atoms with van der Waals surface area (Å²) in [6, 6.07) is 17.6. The number of thiophene rings is 1. The number of aryl methyl sites for hydroxylation is 1. The van der Waals surface area contributed by atoms with Crippen molar-refractivity contribution in [2.24, 2.45) is 0 Å². The molecule has 2 aromatic carbocycles. The van der Waals surface area contributed by atoms with E-state index in [1.165, 1.54) is 16.6 Å². The predicted molar refractivity (Wildman–Crippen MR) is 136 cm³/mol. The number of carbonyl (C=O) groups is 1. The molecule has 1 saturated heterocycles. The number of carbonyl (C=O) groups excluding carboxylic acids is 1. The normalized spacial score (nSPS) is 15.9. The molecule has 168 valence electrons. The molecular weight excluding hydrogens is 450 g/mol. The SMILES string of the molecule is Cc1cccc(-n2c(SCC(=O)N3CCCC3c3cccs3)nc3ccccc3c2=O)c1C. The van der Waals surface area contributed by atoms with Crippen LogP contribution in [0.1, 0.15) is 34.9 Å². The van der Waals surface area contributed by atoms with Crippen molar-refractivity contribution in [3.8, 4) is 5.69 Å². The summed E-state index contributed by atoms with van der Waals surface area (Å²) in [6.45, 7) is 4.82. The zero-order valence-corrected chi connectivity index (χ0v) is 20.3. The molecule has 3 heterocycles. The average Bonchev–Trinajstić information content (AvgIpc) is 3.52. The van der Waals surface area contributed by atoms with E-state index < -0.39 is 0 Å². The molecule has 0 spiro atoms. The molecule has 2 aromatic heterocycles. The third-order valence-corrected chi connectivity index (χ3v) is 8.23. The summed E-state index contributed by atoms with van der Waals surface area (Å²) >= 11 is 3.05. The van der Waals surface area contributed by atoms with Crippen LogP contribution in [0.4, 0.5) is 0 Å². The van der Waals surface area contributed by atoms with Gasteiger partial charge in [-0.3, -0.25) is 14.2 Å². The van der Waals surface area contributed by atoms with Crippen molar-refractivity contribution in [1.29, 1.82) is 0 Å². The first-order chi connectivity index (χ1) is 16.0. The molecule has 4 aromatic rings. The second-order valence-electron chi connectivity index (χ2n) is 8.32. The Balaban J connectivity index is 1.51. The summed E-state index contributed by atoms with van der Waals surface area (Å²) in [5.74, 6) is 0.336. The number of benzene rings is 2. The van der Waals surface area contributed by atoms with Gasteiger partial charge in [0.1, 0.15) is 0 Å². The Morgan fingerprint density at radius 2 is 1.97 bits per heavy atom. The van der Waals surface area contributed by atoms with E-state index in [-0.39, 0.29) is 23.3 Å². The Labute approximate surface area is 201 Å². The largest absolute Gasteiger partial charge is 0.334 e. The predicted octanol–water partition coefficient (Wildman–Crippen LogP) is 5.52. The van der Waals surface area contributed by atoms with E-state index in [2.05, 4.69) is 11.4 Å². The number of nitrogens with zero attached hydrogens (tertiary/aromatic N) is 3. The van der Waals surface area contributed by atoms with E-state index in [1.807, 2.05) is 67.3 Å². The van der Waals surface area contributed by atoms with Crippen LogP contribution in [0.2, 0.25) is 0 Å². The molecule has 0 saturated carbocycles. The Morgan fingerprint density at radius 3 is 2.79 bits per heavy atom. The lowest BCUT2D eigenvalue weighted by molar-refractivity contribution is -0.129. The van der Waals surface area contributed by atoms with Gasteiger partial charge in [-0.25, -0.2) is 4.98 Å². The number of fused-ring (bicyclic) bond motifs is 1. The van der Waals surface area contributed by atoms with Crippen LogP contribution in [0.3, 0.4) is 0 Å². The van der Waals surface area contributed by atoms with E-state index in [0.29, 0.717) is 16.1 Å². The quantitative estimate of drug-likeness (QED) is 0.282. The molecule has 0 aliphatic carbocycles. The van der Waals surface area contributed by atoms with Crippen molar-refractivity contribution in [3.05, 3.63) is 86.3 Å². The van der Waals surface area contributed by atoms with Crippen LogP contribution in [-0.4, -0.2) is 32.7 Å². The van der Waals surface area contributed by atoms with Gasteiger partial charge in [0.05, 0.1) is 28.4 Å².